The highest BCUT2D eigenvalue weighted by Crippen LogP contribution is 2.32. The standard InChI is InChI=1S/C13H15FO3S/c14-13-6-2-1-5-11(13)12(8-15)10-4-3-7-18(16,17)9-10/h1-2,5-6,8,10,12H,3-4,7,9H2. The van der Waals surface area contributed by atoms with E-state index in [4.69, 9.17) is 0 Å². The van der Waals surface area contributed by atoms with E-state index in [0.29, 0.717) is 24.7 Å². The van der Waals surface area contributed by atoms with Gasteiger partial charge in [0, 0.05) is 5.92 Å². The number of halogens is 1. The molecule has 2 atom stereocenters. The summed E-state index contributed by atoms with van der Waals surface area (Å²) in [6.45, 7) is 0. The fourth-order valence-electron chi connectivity index (χ4n) is 2.53. The fraction of sp³-hybridized carbons (Fsp3) is 0.462. The molecule has 1 saturated heterocycles. The summed E-state index contributed by atoms with van der Waals surface area (Å²) in [5.74, 6) is -1.27. The maximum absolute atomic E-state index is 13.7. The highest BCUT2D eigenvalue weighted by atomic mass is 32.2. The van der Waals surface area contributed by atoms with Crippen molar-refractivity contribution >= 4 is 16.1 Å². The van der Waals surface area contributed by atoms with E-state index in [9.17, 15) is 17.6 Å². The molecule has 1 aliphatic heterocycles. The minimum atomic E-state index is -3.09. The molecule has 0 aliphatic carbocycles. The number of carbonyl (C=O) groups excluding carboxylic acids is 1. The topological polar surface area (TPSA) is 51.2 Å². The van der Waals surface area contributed by atoms with Gasteiger partial charge in [-0.3, -0.25) is 0 Å². The van der Waals surface area contributed by atoms with Crippen molar-refractivity contribution in [2.45, 2.75) is 18.8 Å². The van der Waals surface area contributed by atoms with Gasteiger partial charge in [-0.2, -0.15) is 0 Å². The van der Waals surface area contributed by atoms with Gasteiger partial charge in [-0.25, -0.2) is 12.8 Å². The minimum Gasteiger partial charge on any atom is -0.303 e. The van der Waals surface area contributed by atoms with Gasteiger partial charge < -0.3 is 4.79 Å². The molecule has 1 aromatic rings. The number of rotatable bonds is 3. The van der Waals surface area contributed by atoms with Crippen molar-refractivity contribution in [1.29, 1.82) is 0 Å². The molecule has 0 saturated carbocycles. The molecule has 1 fully saturated rings. The summed E-state index contributed by atoms with van der Waals surface area (Å²) >= 11 is 0. The molecule has 1 aliphatic rings. The summed E-state index contributed by atoms with van der Waals surface area (Å²) in [5.41, 5.74) is 0.301. The van der Waals surface area contributed by atoms with Crippen molar-refractivity contribution < 1.29 is 17.6 Å². The molecule has 0 bridgehead atoms. The zero-order valence-electron chi connectivity index (χ0n) is 9.88. The third-order valence-electron chi connectivity index (χ3n) is 3.42. The highest BCUT2D eigenvalue weighted by Gasteiger charge is 2.32. The Morgan fingerprint density at radius 3 is 2.67 bits per heavy atom. The molecular formula is C13H15FO3S. The number of hydrogen-bond acceptors (Lipinski definition) is 3. The van der Waals surface area contributed by atoms with Gasteiger partial charge in [0.05, 0.1) is 11.5 Å². The molecule has 2 rings (SSSR count). The number of hydrogen-bond donors (Lipinski definition) is 0. The van der Waals surface area contributed by atoms with Gasteiger partial charge in [0.2, 0.25) is 0 Å². The molecule has 1 aromatic carbocycles. The molecule has 0 spiro atoms. The van der Waals surface area contributed by atoms with Gasteiger partial charge in [-0.05, 0) is 30.4 Å². The van der Waals surface area contributed by atoms with E-state index in [1.165, 1.54) is 6.07 Å². The van der Waals surface area contributed by atoms with Crippen LogP contribution in [0.25, 0.3) is 0 Å². The molecular weight excluding hydrogens is 255 g/mol. The Balaban J connectivity index is 2.29. The molecule has 5 heteroatoms. The number of sulfone groups is 1. The predicted octanol–water partition coefficient (Wildman–Crippen LogP) is 1.93. The minimum absolute atomic E-state index is 0.0231. The summed E-state index contributed by atoms with van der Waals surface area (Å²) in [4.78, 5) is 11.2. The van der Waals surface area contributed by atoms with Crippen LogP contribution < -0.4 is 0 Å². The first-order valence-electron chi connectivity index (χ1n) is 5.93. The lowest BCUT2D eigenvalue weighted by molar-refractivity contribution is -0.110. The van der Waals surface area contributed by atoms with Crippen LogP contribution >= 0.6 is 0 Å². The second-order valence-corrected chi connectivity index (χ2v) is 6.93. The van der Waals surface area contributed by atoms with Gasteiger partial charge in [0.15, 0.2) is 9.84 Å². The van der Waals surface area contributed by atoms with Crippen LogP contribution in [0.2, 0.25) is 0 Å². The van der Waals surface area contributed by atoms with E-state index in [0.717, 1.165) is 0 Å². The van der Waals surface area contributed by atoms with Crippen molar-refractivity contribution in [3.05, 3.63) is 35.6 Å². The molecule has 1 heterocycles. The van der Waals surface area contributed by atoms with Crippen molar-refractivity contribution in [2.24, 2.45) is 5.92 Å². The molecule has 2 unspecified atom stereocenters. The monoisotopic (exact) mass is 270 g/mol. The van der Waals surface area contributed by atoms with Gasteiger partial charge in [-0.15, -0.1) is 0 Å². The van der Waals surface area contributed by atoms with Gasteiger partial charge in [0.1, 0.15) is 12.1 Å². The number of aldehydes is 1. The molecule has 0 N–H and O–H groups in total. The Morgan fingerprint density at radius 1 is 1.33 bits per heavy atom. The van der Waals surface area contributed by atoms with Crippen LogP contribution in [-0.2, 0) is 14.6 Å². The van der Waals surface area contributed by atoms with Gasteiger partial charge in [-0.1, -0.05) is 18.2 Å². The first-order chi connectivity index (χ1) is 8.53. The summed E-state index contributed by atoms with van der Waals surface area (Å²) in [5, 5.41) is 0. The maximum Gasteiger partial charge on any atom is 0.150 e. The second kappa shape index (κ2) is 5.18. The Morgan fingerprint density at radius 2 is 2.06 bits per heavy atom. The fourth-order valence-corrected chi connectivity index (χ4v) is 4.32. The van der Waals surface area contributed by atoms with Crippen LogP contribution in [0.3, 0.4) is 0 Å². The van der Waals surface area contributed by atoms with Crippen LogP contribution in [0, 0.1) is 11.7 Å². The number of carbonyl (C=O) groups is 1. The smallest absolute Gasteiger partial charge is 0.150 e. The van der Waals surface area contributed by atoms with Crippen molar-refractivity contribution in [2.75, 3.05) is 11.5 Å². The predicted molar refractivity (Wildman–Crippen MR) is 66.6 cm³/mol. The Labute approximate surface area is 106 Å². The van der Waals surface area contributed by atoms with Crippen LogP contribution in [0.1, 0.15) is 24.3 Å². The van der Waals surface area contributed by atoms with Crippen LogP contribution in [0.5, 0.6) is 0 Å². The largest absolute Gasteiger partial charge is 0.303 e. The van der Waals surface area contributed by atoms with E-state index in [-0.39, 0.29) is 17.4 Å². The Hall–Kier alpha value is -1.23. The van der Waals surface area contributed by atoms with E-state index in [1.54, 1.807) is 18.2 Å². The molecule has 0 amide bonds. The quantitative estimate of drug-likeness (QED) is 0.789. The molecule has 0 radical (unpaired) electrons. The van der Waals surface area contributed by atoms with Crippen molar-refractivity contribution in [1.82, 2.24) is 0 Å². The average Bonchev–Trinajstić information content (AvgIpc) is 2.31. The maximum atomic E-state index is 13.7. The molecule has 0 aromatic heterocycles. The Kier molecular flexibility index (Phi) is 3.80. The van der Waals surface area contributed by atoms with Crippen LogP contribution in [0.15, 0.2) is 24.3 Å². The summed E-state index contributed by atoms with van der Waals surface area (Å²) in [6, 6.07) is 6.06. The lowest BCUT2D eigenvalue weighted by atomic mass is 9.85. The average molecular weight is 270 g/mol. The first-order valence-corrected chi connectivity index (χ1v) is 7.76. The Bertz CT molecular complexity index is 539. The molecule has 98 valence electrons. The van der Waals surface area contributed by atoms with Crippen molar-refractivity contribution in [3.8, 4) is 0 Å². The second-order valence-electron chi connectivity index (χ2n) is 4.70. The summed E-state index contributed by atoms with van der Waals surface area (Å²) in [7, 11) is -3.09. The van der Waals surface area contributed by atoms with Crippen molar-refractivity contribution in [3.63, 3.8) is 0 Å². The first kappa shape index (κ1) is 13.2. The van der Waals surface area contributed by atoms with E-state index >= 15 is 0 Å². The zero-order chi connectivity index (χ0) is 13.2. The SMILES string of the molecule is O=CC(c1ccccc1F)C1CCCS(=O)(=O)C1. The van der Waals surface area contributed by atoms with E-state index in [1.807, 2.05) is 0 Å². The summed E-state index contributed by atoms with van der Waals surface area (Å²) < 4.78 is 36.8. The van der Waals surface area contributed by atoms with E-state index < -0.39 is 21.6 Å². The number of benzene rings is 1. The van der Waals surface area contributed by atoms with Crippen LogP contribution in [0.4, 0.5) is 4.39 Å². The zero-order valence-corrected chi connectivity index (χ0v) is 10.7. The van der Waals surface area contributed by atoms with Crippen LogP contribution in [-0.4, -0.2) is 26.2 Å². The third-order valence-corrected chi connectivity index (χ3v) is 5.26. The molecule has 3 nitrogen and oxygen atoms in total. The highest BCUT2D eigenvalue weighted by molar-refractivity contribution is 7.91. The van der Waals surface area contributed by atoms with E-state index in [2.05, 4.69) is 0 Å². The van der Waals surface area contributed by atoms with Gasteiger partial charge >= 0.3 is 0 Å². The summed E-state index contributed by atoms with van der Waals surface area (Å²) in [6.07, 6.45) is 1.87. The normalized spacial score (nSPS) is 24.4. The molecule has 18 heavy (non-hydrogen) atoms. The third kappa shape index (κ3) is 2.77. The lowest BCUT2D eigenvalue weighted by Gasteiger charge is -2.27. The van der Waals surface area contributed by atoms with Gasteiger partial charge in [0.25, 0.3) is 0 Å². The lowest BCUT2D eigenvalue weighted by Crippen LogP contribution is -2.30.